The van der Waals surface area contributed by atoms with Crippen molar-refractivity contribution in [3.05, 3.63) is 35.4 Å². The Labute approximate surface area is 141 Å². The predicted octanol–water partition coefficient (Wildman–Crippen LogP) is 2.69. The van der Waals surface area contributed by atoms with Crippen LogP contribution in [0, 0.1) is 12.8 Å². The van der Waals surface area contributed by atoms with Crippen molar-refractivity contribution < 1.29 is 21.6 Å². The number of benzene rings is 1. The standard InChI is InChI=1S/C16H23F3N2O2S/c1-13-3-2-4-15(9-13)11-24(22,23)20-10-14-5-7-21(8-6-14)12-16(17,18)19/h2-4,9,14,20H,5-8,10-12H2,1H3. The van der Waals surface area contributed by atoms with Crippen molar-refractivity contribution >= 4 is 10.0 Å². The first kappa shape index (κ1) is 19.2. The summed E-state index contributed by atoms with van der Waals surface area (Å²) in [5.74, 6) is 0.00322. The highest BCUT2D eigenvalue weighted by molar-refractivity contribution is 7.88. The van der Waals surface area contributed by atoms with Gasteiger partial charge in [0.1, 0.15) is 0 Å². The van der Waals surface area contributed by atoms with Gasteiger partial charge in [0.25, 0.3) is 0 Å². The summed E-state index contributed by atoms with van der Waals surface area (Å²) in [5, 5.41) is 0. The van der Waals surface area contributed by atoms with Crippen LogP contribution in [0.15, 0.2) is 24.3 Å². The molecule has 0 radical (unpaired) electrons. The van der Waals surface area contributed by atoms with Crippen LogP contribution in [0.3, 0.4) is 0 Å². The van der Waals surface area contributed by atoms with E-state index < -0.39 is 22.7 Å². The summed E-state index contributed by atoms with van der Waals surface area (Å²) in [6, 6.07) is 7.31. The first-order valence-corrected chi connectivity index (χ1v) is 9.60. The monoisotopic (exact) mass is 364 g/mol. The fraction of sp³-hybridized carbons (Fsp3) is 0.625. The number of halogens is 3. The largest absolute Gasteiger partial charge is 0.401 e. The van der Waals surface area contributed by atoms with Crippen molar-refractivity contribution in [2.45, 2.75) is 31.7 Å². The molecule has 1 N–H and O–H groups in total. The van der Waals surface area contributed by atoms with E-state index >= 15 is 0 Å². The minimum atomic E-state index is -4.18. The first-order valence-electron chi connectivity index (χ1n) is 7.95. The van der Waals surface area contributed by atoms with Crippen LogP contribution in [-0.2, 0) is 15.8 Å². The van der Waals surface area contributed by atoms with Crippen molar-refractivity contribution in [2.75, 3.05) is 26.2 Å². The van der Waals surface area contributed by atoms with E-state index in [2.05, 4.69) is 4.72 Å². The smallest absolute Gasteiger partial charge is 0.295 e. The van der Waals surface area contributed by atoms with Crippen LogP contribution < -0.4 is 4.72 Å². The lowest BCUT2D eigenvalue weighted by Crippen LogP contribution is -2.42. The maximum absolute atomic E-state index is 12.3. The lowest BCUT2D eigenvalue weighted by atomic mass is 9.97. The van der Waals surface area contributed by atoms with E-state index in [-0.39, 0.29) is 18.2 Å². The highest BCUT2D eigenvalue weighted by atomic mass is 32.2. The summed E-state index contributed by atoms with van der Waals surface area (Å²) in [7, 11) is -3.44. The maximum atomic E-state index is 12.3. The van der Waals surface area contributed by atoms with Crippen LogP contribution >= 0.6 is 0 Å². The Balaban J connectivity index is 1.77. The number of nitrogens with one attached hydrogen (secondary N) is 1. The van der Waals surface area contributed by atoms with Crippen LogP contribution in [0.4, 0.5) is 13.2 Å². The minimum Gasteiger partial charge on any atom is -0.295 e. The van der Waals surface area contributed by atoms with Gasteiger partial charge in [-0.05, 0) is 44.3 Å². The second-order valence-electron chi connectivity index (χ2n) is 6.43. The summed E-state index contributed by atoms with van der Waals surface area (Å²) >= 11 is 0. The summed E-state index contributed by atoms with van der Waals surface area (Å²) in [4.78, 5) is 1.37. The predicted molar refractivity (Wildman–Crippen MR) is 87.0 cm³/mol. The van der Waals surface area contributed by atoms with Gasteiger partial charge in [-0.15, -0.1) is 0 Å². The quantitative estimate of drug-likeness (QED) is 0.844. The molecule has 1 aromatic rings. The zero-order chi connectivity index (χ0) is 17.8. The summed E-state index contributed by atoms with van der Waals surface area (Å²) < 4.78 is 63.9. The Morgan fingerprint density at radius 3 is 2.50 bits per heavy atom. The van der Waals surface area contributed by atoms with Crippen LogP contribution in [-0.4, -0.2) is 45.7 Å². The molecule has 0 spiro atoms. The Hall–Kier alpha value is -1.12. The van der Waals surface area contributed by atoms with Crippen molar-refractivity contribution in [1.82, 2.24) is 9.62 Å². The highest BCUT2D eigenvalue weighted by Gasteiger charge is 2.32. The van der Waals surface area contributed by atoms with E-state index in [0.29, 0.717) is 25.9 Å². The fourth-order valence-corrected chi connectivity index (χ4v) is 4.13. The lowest BCUT2D eigenvalue weighted by Gasteiger charge is -2.32. The molecule has 0 saturated carbocycles. The van der Waals surface area contributed by atoms with Gasteiger partial charge in [-0.25, -0.2) is 13.1 Å². The molecule has 0 unspecified atom stereocenters. The second kappa shape index (κ2) is 7.84. The molecule has 1 saturated heterocycles. The molecule has 8 heteroatoms. The second-order valence-corrected chi connectivity index (χ2v) is 8.24. The number of hydrogen-bond acceptors (Lipinski definition) is 3. The molecule has 0 aromatic heterocycles. The maximum Gasteiger partial charge on any atom is 0.401 e. The number of likely N-dealkylation sites (tertiary alicyclic amines) is 1. The number of hydrogen-bond donors (Lipinski definition) is 1. The van der Waals surface area contributed by atoms with Gasteiger partial charge in [0, 0.05) is 6.54 Å². The van der Waals surface area contributed by atoms with E-state index in [0.717, 1.165) is 11.1 Å². The van der Waals surface area contributed by atoms with Gasteiger partial charge in [-0.2, -0.15) is 13.2 Å². The molecule has 0 bridgehead atoms. The molecule has 1 aliphatic heterocycles. The van der Waals surface area contributed by atoms with Gasteiger partial charge in [-0.1, -0.05) is 29.8 Å². The number of nitrogens with zero attached hydrogens (tertiary/aromatic N) is 1. The molecule has 1 fully saturated rings. The zero-order valence-electron chi connectivity index (χ0n) is 13.6. The molecular weight excluding hydrogens is 341 g/mol. The molecule has 136 valence electrons. The van der Waals surface area contributed by atoms with Crippen LogP contribution in [0.2, 0.25) is 0 Å². The third-order valence-electron chi connectivity index (χ3n) is 4.14. The van der Waals surface area contributed by atoms with Crippen molar-refractivity contribution in [3.63, 3.8) is 0 Å². The number of aryl methyl sites for hydroxylation is 1. The normalized spacial score (nSPS) is 18.0. The van der Waals surface area contributed by atoms with E-state index in [9.17, 15) is 21.6 Å². The van der Waals surface area contributed by atoms with Gasteiger partial charge < -0.3 is 0 Å². The van der Waals surface area contributed by atoms with Crippen molar-refractivity contribution in [2.24, 2.45) is 5.92 Å². The lowest BCUT2D eigenvalue weighted by molar-refractivity contribution is -0.148. The van der Waals surface area contributed by atoms with E-state index in [1.165, 1.54) is 4.90 Å². The number of sulfonamides is 1. The van der Waals surface area contributed by atoms with Gasteiger partial charge in [0.15, 0.2) is 0 Å². The number of piperidine rings is 1. The summed E-state index contributed by atoms with van der Waals surface area (Å²) in [5.41, 5.74) is 1.72. The summed E-state index contributed by atoms with van der Waals surface area (Å²) in [6.07, 6.45) is -3.03. The third-order valence-corrected chi connectivity index (χ3v) is 5.46. The van der Waals surface area contributed by atoms with Gasteiger partial charge >= 0.3 is 6.18 Å². The van der Waals surface area contributed by atoms with Crippen molar-refractivity contribution in [3.8, 4) is 0 Å². The molecule has 1 aliphatic rings. The molecule has 0 atom stereocenters. The molecule has 2 rings (SSSR count). The van der Waals surface area contributed by atoms with Gasteiger partial charge in [-0.3, -0.25) is 4.90 Å². The molecule has 4 nitrogen and oxygen atoms in total. The molecule has 0 amide bonds. The van der Waals surface area contributed by atoms with Crippen molar-refractivity contribution in [1.29, 1.82) is 0 Å². The average molecular weight is 364 g/mol. The topological polar surface area (TPSA) is 49.4 Å². The minimum absolute atomic E-state index is 0.0817. The van der Waals surface area contributed by atoms with E-state index in [4.69, 9.17) is 0 Å². The molecular formula is C16H23F3N2O2S. The SMILES string of the molecule is Cc1cccc(CS(=O)(=O)NCC2CCN(CC(F)(F)F)CC2)c1. The molecule has 24 heavy (non-hydrogen) atoms. The Morgan fingerprint density at radius 1 is 1.25 bits per heavy atom. The first-order chi connectivity index (χ1) is 11.1. The molecule has 0 aliphatic carbocycles. The van der Waals surface area contributed by atoms with Crippen LogP contribution in [0.5, 0.6) is 0 Å². The Morgan fingerprint density at radius 2 is 1.92 bits per heavy atom. The Bertz CT molecular complexity index is 639. The fourth-order valence-electron chi connectivity index (χ4n) is 2.92. The zero-order valence-corrected chi connectivity index (χ0v) is 14.5. The van der Waals surface area contributed by atoms with Gasteiger partial charge in [0.05, 0.1) is 12.3 Å². The summed E-state index contributed by atoms with van der Waals surface area (Å²) in [6.45, 7) is 2.00. The van der Waals surface area contributed by atoms with E-state index in [1.54, 1.807) is 6.07 Å². The third kappa shape index (κ3) is 6.78. The number of alkyl halides is 3. The van der Waals surface area contributed by atoms with Gasteiger partial charge in [0.2, 0.25) is 10.0 Å². The average Bonchev–Trinajstić information content (AvgIpc) is 2.44. The Kier molecular flexibility index (Phi) is 6.28. The highest BCUT2D eigenvalue weighted by Crippen LogP contribution is 2.22. The van der Waals surface area contributed by atoms with E-state index in [1.807, 2.05) is 25.1 Å². The van der Waals surface area contributed by atoms with Crippen LogP contribution in [0.1, 0.15) is 24.0 Å². The molecule has 1 aromatic carbocycles. The van der Waals surface area contributed by atoms with Crippen LogP contribution in [0.25, 0.3) is 0 Å². The number of rotatable bonds is 6. The molecule has 1 heterocycles.